The summed E-state index contributed by atoms with van der Waals surface area (Å²) in [5.74, 6) is 0.161. The summed E-state index contributed by atoms with van der Waals surface area (Å²) in [5.41, 5.74) is 5.40. The van der Waals surface area contributed by atoms with Crippen LogP contribution in [0.5, 0.6) is 0 Å². The Bertz CT molecular complexity index is 1130. The standard InChI is InChI=1S/C28H37N5O/c1-27(2)10-8-20(9-11-27)24-17-22(28(3,4)33-14-12-32(5)13-15-33)7-6-21(24)16-25(34)26-30-19-23(18-29)31-26/h6-8,17,19H,9-16H2,1-5H3,(H,30,31). The molecule has 6 heteroatoms. The highest BCUT2D eigenvalue weighted by Crippen LogP contribution is 2.40. The number of nitrogens with one attached hydrogen (secondary N) is 1. The molecular formula is C28H37N5O. The molecule has 1 aliphatic heterocycles. The third-order valence-corrected chi connectivity index (χ3v) is 7.74. The van der Waals surface area contributed by atoms with Gasteiger partial charge in [-0.25, -0.2) is 4.98 Å². The van der Waals surface area contributed by atoms with Crippen LogP contribution < -0.4 is 0 Å². The maximum atomic E-state index is 13.0. The molecule has 1 saturated heterocycles. The Morgan fingerprint density at radius 1 is 1.24 bits per heavy atom. The number of aromatic amines is 1. The van der Waals surface area contributed by atoms with Crippen LogP contribution in [0.1, 0.15) is 80.0 Å². The molecule has 4 rings (SSSR count). The van der Waals surface area contributed by atoms with Crippen LogP contribution in [-0.2, 0) is 12.0 Å². The molecule has 0 saturated carbocycles. The van der Waals surface area contributed by atoms with Crippen molar-refractivity contribution in [3.63, 3.8) is 0 Å². The van der Waals surface area contributed by atoms with E-state index in [0.717, 1.165) is 51.0 Å². The van der Waals surface area contributed by atoms with Gasteiger partial charge < -0.3 is 9.88 Å². The van der Waals surface area contributed by atoms with Crippen molar-refractivity contribution >= 4 is 11.4 Å². The lowest BCUT2D eigenvalue weighted by molar-refractivity contribution is 0.0606. The van der Waals surface area contributed by atoms with Gasteiger partial charge in [-0.3, -0.25) is 9.69 Å². The molecule has 2 aromatic rings. The van der Waals surface area contributed by atoms with Crippen LogP contribution in [0.15, 0.2) is 30.5 Å². The van der Waals surface area contributed by atoms with Gasteiger partial charge in [-0.1, -0.05) is 32.1 Å². The van der Waals surface area contributed by atoms with Crippen molar-refractivity contribution in [2.24, 2.45) is 5.41 Å². The molecule has 1 aliphatic carbocycles. The van der Waals surface area contributed by atoms with Crippen LogP contribution in [0, 0.1) is 16.7 Å². The highest BCUT2D eigenvalue weighted by molar-refractivity contribution is 5.95. The van der Waals surface area contributed by atoms with Gasteiger partial charge in [-0.05, 0) is 73.9 Å². The Kier molecular flexibility index (Phi) is 6.80. The third kappa shape index (κ3) is 5.16. The summed E-state index contributed by atoms with van der Waals surface area (Å²) in [6.07, 6.45) is 7.27. The molecule has 2 aliphatic rings. The van der Waals surface area contributed by atoms with Gasteiger partial charge in [-0.15, -0.1) is 0 Å². The first kappa shape index (κ1) is 24.4. The van der Waals surface area contributed by atoms with E-state index >= 15 is 0 Å². The summed E-state index contributed by atoms with van der Waals surface area (Å²) < 4.78 is 0. The number of allylic oxidation sites excluding steroid dienone is 2. The molecule has 1 aromatic heterocycles. The molecule has 6 nitrogen and oxygen atoms in total. The number of H-pyrrole nitrogens is 1. The second-order valence-electron chi connectivity index (χ2n) is 11.2. The number of carbonyl (C=O) groups excluding carboxylic acids is 1. The fraction of sp³-hybridized carbons (Fsp3) is 0.536. The lowest BCUT2D eigenvalue weighted by Crippen LogP contribution is -2.52. The number of ketones is 1. The van der Waals surface area contributed by atoms with Crippen molar-refractivity contribution in [3.05, 3.63) is 58.7 Å². The molecule has 1 N–H and O–H groups in total. The average molecular weight is 460 g/mol. The third-order valence-electron chi connectivity index (χ3n) is 7.74. The summed E-state index contributed by atoms with van der Waals surface area (Å²) >= 11 is 0. The zero-order valence-electron chi connectivity index (χ0n) is 21.2. The molecule has 0 spiro atoms. The van der Waals surface area contributed by atoms with Crippen molar-refractivity contribution in [2.75, 3.05) is 33.2 Å². The van der Waals surface area contributed by atoms with Crippen LogP contribution in [0.3, 0.4) is 0 Å². The number of benzene rings is 1. The minimum Gasteiger partial charge on any atom is -0.327 e. The highest BCUT2D eigenvalue weighted by Gasteiger charge is 2.32. The van der Waals surface area contributed by atoms with E-state index in [1.165, 1.54) is 22.9 Å². The number of carbonyl (C=O) groups is 1. The Hall–Kier alpha value is -2.75. The van der Waals surface area contributed by atoms with Crippen molar-refractivity contribution in [1.29, 1.82) is 5.26 Å². The number of hydrogen-bond donors (Lipinski definition) is 1. The molecule has 0 amide bonds. The number of rotatable bonds is 6. The first-order valence-corrected chi connectivity index (χ1v) is 12.3. The molecule has 0 radical (unpaired) electrons. The maximum Gasteiger partial charge on any atom is 0.202 e. The lowest BCUT2D eigenvalue weighted by Gasteiger charge is -2.44. The van der Waals surface area contributed by atoms with Crippen LogP contribution in [0.2, 0.25) is 0 Å². The number of Topliss-reactive ketones (excluding diaryl/α,β-unsaturated/α-hetero) is 1. The van der Waals surface area contributed by atoms with Crippen molar-refractivity contribution in [1.82, 2.24) is 19.8 Å². The largest absolute Gasteiger partial charge is 0.327 e. The van der Waals surface area contributed by atoms with Gasteiger partial charge in [-0.2, -0.15) is 5.26 Å². The fourth-order valence-corrected chi connectivity index (χ4v) is 5.06. The molecule has 180 valence electrons. The van der Waals surface area contributed by atoms with Gasteiger partial charge in [0.25, 0.3) is 0 Å². The predicted octanol–water partition coefficient (Wildman–Crippen LogP) is 4.78. The second-order valence-corrected chi connectivity index (χ2v) is 11.2. The number of hydrogen-bond acceptors (Lipinski definition) is 5. The lowest BCUT2D eigenvalue weighted by atomic mass is 9.75. The van der Waals surface area contributed by atoms with Crippen molar-refractivity contribution < 1.29 is 4.79 Å². The second kappa shape index (κ2) is 9.48. The number of likely N-dealkylation sites (N-methyl/N-ethyl adjacent to an activating group) is 1. The maximum absolute atomic E-state index is 13.0. The minimum atomic E-state index is -0.0921. The van der Waals surface area contributed by atoms with E-state index in [1.54, 1.807) is 0 Å². The molecule has 2 heterocycles. The van der Waals surface area contributed by atoms with Gasteiger partial charge >= 0.3 is 0 Å². The summed E-state index contributed by atoms with van der Waals surface area (Å²) in [6.45, 7) is 13.5. The molecule has 0 unspecified atom stereocenters. The van der Waals surface area contributed by atoms with Crippen LogP contribution >= 0.6 is 0 Å². The predicted molar refractivity (Wildman–Crippen MR) is 135 cm³/mol. The zero-order chi connectivity index (χ0) is 24.5. The van der Waals surface area contributed by atoms with Gasteiger partial charge in [0.05, 0.1) is 6.20 Å². The van der Waals surface area contributed by atoms with E-state index in [4.69, 9.17) is 5.26 Å². The van der Waals surface area contributed by atoms with Crippen LogP contribution in [-0.4, -0.2) is 58.8 Å². The smallest absolute Gasteiger partial charge is 0.202 e. The number of piperazine rings is 1. The molecule has 0 bridgehead atoms. The van der Waals surface area contributed by atoms with E-state index in [9.17, 15) is 4.79 Å². The van der Waals surface area contributed by atoms with E-state index in [1.807, 2.05) is 6.07 Å². The van der Waals surface area contributed by atoms with Crippen LogP contribution in [0.4, 0.5) is 0 Å². The average Bonchev–Trinajstić information content (AvgIpc) is 3.29. The van der Waals surface area contributed by atoms with Crippen molar-refractivity contribution in [2.45, 2.75) is 58.9 Å². The monoisotopic (exact) mass is 459 g/mol. The molecular weight excluding hydrogens is 422 g/mol. The minimum absolute atomic E-state index is 0.0875. The Labute approximate surface area is 203 Å². The molecule has 0 atom stereocenters. The van der Waals surface area contributed by atoms with E-state index in [2.05, 4.69) is 78.8 Å². The number of imidazole rings is 1. The Balaban J connectivity index is 1.68. The van der Waals surface area contributed by atoms with Gasteiger partial charge in [0.1, 0.15) is 11.8 Å². The molecule has 1 aromatic carbocycles. The quantitative estimate of drug-likeness (QED) is 0.629. The first-order valence-electron chi connectivity index (χ1n) is 12.3. The van der Waals surface area contributed by atoms with Gasteiger partial charge in [0, 0.05) is 38.1 Å². The van der Waals surface area contributed by atoms with Crippen molar-refractivity contribution in [3.8, 4) is 6.07 Å². The van der Waals surface area contributed by atoms with Gasteiger partial charge in [0.2, 0.25) is 5.78 Å². The number of nitrogens with zero attached hydrogens (tertiary/aromatic N) is 4. The summed E-state index contributed by atoms with van der Waals surface area (Å²) in [6, 6.07) is 8.66. The van der Waals surface area contributed by atoms with E-state index in [0.29, 0.717) is 11.1 Å². The summed E-state index contributed by atoms with van der Waals surface area (Å²) in [7, 11) is 2.18. The molecule has 1 fully saturated rings. The summed E-state index contributed by atoms with van der Waals surface area (Å²) in [4.78, 5) is 24.9. The Morgan fingerprint density at radius 2 is 1.97 bits per heavy atom. The number of nitriles is 1. The zero-order valence-corrected chi connectivity index (χ0v) is 21.2. The molecule has 34 heavy (non-hydrogen) atoms. The fourth-order valence-electron chi connectivity index (χ4n) is 5.06. The normalized spacial score (nSPS) is 19.5. The number of aromatic nitrogens is 2. The summed E-state index contributed by atoms with van der Waals surface area (Å²) in [5, 5.41) is 9.06. The van der Waals surface area contributed by atoms with Crippen LogP contribution in [0.25, 0.3) is 5.57 Å². The first-order chi connectivity index (χ1) is 16.1. The van der Waals surface area contributed by atoms with E-state index in [-0.39, 0.29) is 23.6 Å². The Morgan fingerprint density at radius 3 is 2.59 bits per heavy atom. The van der Waals surface area contributed by atoms with E-state index < -0.39 is 0 Å². The SMILES string of the molecule is CN1CCN(C(C)(C)c2ccc(CC(=O)c3ncc(C#N)[nH]3)c(C3=CCC(C)(C)CC3)c2)CC1. The topological polar surface area (TPSA) is 76.0 Å². The highest BCUT2D eigenvalue weighted by atomic mass is 16.1. The van der Waals surface area contributed by atoms with Gasteiger partial charge in [0.15, 0.2) is 5.82 Å².